The topological polar surface area (TPSA) is 72.9 Å². The van der Waals surface area contributed by atoms with Crippen LogP contribution in [0.3, 0.4) is 0 Å². The summed E-state index contributed by atoms with van der Waals surface area (Å²) in [6.07, 6.45) is 3.95. The molecule has 3 rings (SSSR count). The number of hydrogen-bond acceptors (Lipinski definition) is 3. The molecule has 2 heterocycles. The molecular formula is C21H31N3O3. The first-order valence-corrected chi connectivity index (χ1v) is 10.1. The van der Waals surface area contributed by atoms with E-state index in [0.717, 1.165) is 37.5 Å². The summed E-state index contributed by atoms with van der Waals surface area (Å²) >= 11 is 0. The van der Waals surface area contributed by atoms with Gasteiger partial charge < -0.3 is 15.3 Å². The standard InChI is InChI=1S/C21H31N3O3/c1-16-6-4-10-23(13-16)14-18-8-3-2-7-17(18)12-22-21(27)24-11-5-9-19(15-24)20(25)26/h2-3,7-8,16,19H,4-6,9-15H2,1H3,(H,22,27)(H,25,26). The third-order valence-electron chi connectivity index (χ3n) is 5.74. The molecule has 2 aliphatic rings. The van der Waals surface area contributed by atoms with Gasteiger partial charge in [0.1, 0.15) is 0 Å². The zero-order valence-corrected chi connectivity index (χ0v) is 16.2. The number of rotatable bonds is 5. The first-order chi connectivity index (χ1) is 13.0. The fourth-order valence-electron chi connectivity index (χ4n) is 4.20. The monoisotopic (exact) mass is 373 g/mol. The maximum atomic E-state index is 12.5. The second-order valence-electron chi connectivity index (χ2n) is 8.03. The number of amides is 2. The van der Waals surface area contributed by atoms with Gasteiger partial charge in [-0.3, -0.25) is 9.69 Å². The van der Waals surface area contributed by atoms with Crippen LogP contribution in [0.15, 0.2) is 24.3 Å². The summed E-state index contributed by atoms with van der Waals surface area (Å²) in [6.45, 7) is 6.90. The lowest BCUT2D eigenvalue weighted by Gasteiger charge is -2.32. The third kappa shape index (κ3) is 5.45. The van der Waals surface area contributed by atoms with E-state index in [1.54, 1.807) is 4.90 Å². The molecule has 2 fully saturated rings. The summed E-state index contributed by atoms with van der Waals surface area (Å²) in [5.41, 5.74) is 2.39. The van der Waals surface area contributed by atoms with Crippen LogP contribution in [0.5, 0.6) is 0 Å². The van der Waals surface area contributed by atoms with Crippen molar-refractivity contribution >= 4 is 12.0 Å². The van der Waals surface area contributed by atoms with Gasteiger partial charge in [0.2, 0.25) is 0 Å². The highest BCUT2D eigenvalue weighted by atomic mass is 16.4. The van der Waals surface area contributed by atoms with E-state index in [-0.39, 0.29) is 6.03 Å². The molecule has 2 amide bonds. The van der Waals surface area contributed by atoms with Crippen molar-refractivity contribution in [1.82, 2.24) is 15.1 Å². The Hall–Kier alpha value is -2.08. The smallest absolute Gasteiger partial charge is 0.317 e. The number of likely N-dealkylation sites (tertiary alicyclic amines) is 2. The van der Waals surface area contributed by atoms with Crippen LogP contribution in [0.4, 0.5) is 4.79 Å². The molecule has 0 saturated carbocycles. The lowest BCUT2D eigenvalue weighted by atomic mass is 9.98. The van der Waals surface area contributed by atoms with E-state index in [0.29, 0.717) is 26.1 Å². The molecular weight excluding hydrogens is 342 g/mol. The summed E-state index contributed by atoms with van der Waals surface area (Å²) < 4.78 is 0. The Morgan fingerprint density at radius 3 is 2.59 bits per heavy atom. The van der Waals surface area contributed by atoms with E-state index in [9.17, 15) is 14.7 Å². The third-order valence-corrected chi connectivity index (χ3v) is 5.74. The van der Waals surface area contributed by atoms with E-state index in [4.69, 9.17) is 0 Å². The van der Waals surface area contributed by atoms with Crippen molar-refractivity contribution in [2.75, 3.05) is 26.2 Å². The number of carboxylic acids is 1. The lowest BCUT2D eigenvalue weighted by Crippen LogP contribution is -2.46. The zero-order chi connectivity index (χ0) is 19.2. The van der Waals surface area contributed by atoms with Gasteiger partial charge in [-0.15, -0.1) is 0 Å². The van der Waals surface area contributed by atoms with Crippen LogP contribution in [-0.4, -0.2) is 53.1 Å². The van der Waals surface area contributed by atoms with Gasteiger partial charge in [0.05, 0.1) is 5.92 Å². The molecule has 2 unspecified atom stereocenters. The Morgan fingerprint density at radius 1 is 1.11 bits per heavy atom. The Morgan fingerprint density at radius 2 is 1.85 bits per heavy atom. The van der Waals surface area contributed by atoms with Gasteiger partial charge >= 0.3 is 12.0 Å². The van der Waals surface area contributed by atoms with Crippen LogP contribution in [0.25, 0.3) is 0 Å². The van der Waals surface area contributed by atoms with E-state index < -0.39 is 11.9 Å². The van der Waals surface area contributed by atoms with Crippen LogP contribution in [0.1, 0.15) is 43.7 Å². The number of urea groups is 1. The van der Waals surface area contributed by atoms with Crippen molar-refractivity contribution in [2.45, 2.75) is 45.7 Å². The number of nitrogens with zero attached hydrogens (tertiary/aromatic N) is 2. The Kier molecular flexibility index (Phi) is 6.72. The molecule has 0 bridgehead atoms. The van der Waals surface area contributed by atoms with E-state index in [2.05, 4.69) is 35.3 Å². The molecule has 2 atom stereocenters. The quantitative estimate of drug-likeness (QED) is 0.832. The highest BCUT2D eigenvalue weighted by molar-refractivity contribution is 5.76. The van der Waals surface area contributed by atoms with Crippen LogP contribution in [0.2, 0.25) is 0 Å². The molecule has 148 valence electrons. The van der Waals surface area contributed by atoms with Crippen molar-refractivity contribution in [3.05, 3.63) is 35.4 Å². The van der Waals surface area contributed by atoms with E-state index in [1.807, 2.05) is 6.07 Å². The normalized spacial score (nSPS) is 23.8. The maximum absolute atomic E-state index is 12.5. The van der Waals surface area contributed by atoms with Crippen molar-refractivity contribution in [1.29, 1.82) is 0 Å². The molecule has 0 aromatic heterocycles. The molecule has 0 radical (unpaired) electrons. The summed E-state index contributed by atoms with van der Waals surface area (Å²) in [4.78, 5) is 27.8. The maximum Gasteiger partial charge on any atom is 0.317 e. The minimum Gasteiger partial charge on any atom is -0.481 e. The average Bonchev–Trinajstić information content (AvgIpc) is 2.67. The molecule has 0 spiro atoms. The molecule has 0 aliphatic carbocycles. The molecule has 6 heteroatoms. The van der Waals surface area contributed by atoms with E-state index >= 15 is 0 Å². The van der Waals surface area contributed by atoms with Gasteiger partial charge in [0.15, 0.2) is 0 Å². The van der Waals surface area contributed by atoms with Crippen molar-refractivity contribution in [3.8, 4) is 0 Å². The Bertz CT molecular complexity index is 664. The van der Waals surface area contributed by atoms with Crippen LogP contribution in [-0.2, 0) is 17.9 Å². The molecule has 2 aliphatic heterocycles. The summed E-state index contributed by atoms with van der Waals surface area (Å²) in [7, 11) is 0. The van der Waals surface area contributed by atoms with Gasteiger partial charge in [-0.2, -0.15) is 0 Å². The number of aliphatic carboxylic acids is 1. The molecule has 1 aromatic rings. The van der Waals surface area contributed by atoms with Gasteiger partial charge in [0, 0.05) is 32.7 Å². The van der Waals surface area contributed by atoms with Crippen LogP contribution in [0, 0.1) is 11.8 Å². The fourth-order valence-corrected chi connectivity index (χ4v) is 4.20. The first-order valence-electron chi connectivity index (χ1n) is 10.1. The SMILES string of the molecule is CC1CCCN(Cc2ccccc2CNC(=O)N2CCCC(C(=O)O)C2)C1. The van der Waals surface area contributed by atoms with Crippen LogP contribution < -0.4 is 5.32 Å². The molecule has 2 saturated heterocycles. The van der Waals surface area contributed by atoms with Crippen molar-refractivity contribution in [3.63, 3.8) is 0 Å². The average molecular weight is 373 g/mol. The number of benzene rings is 1. The minimum absolute atomic E-state index is 0.164. The van der Waals surface area contributed by atoms with Crippen LogP contribution >= 0.6 is 0 Å². The van der Waals surface area contributed by atoms with Gasteiger partial charge in [-0.1, -0.05) is 31.2 Å². The van der Waals surface area contributed by atoms with E-state index in [1.165, 1.54) is 18.4 Å². The van der Waals surface area contributed by atoms with Gasteiger partial charge in [0.25, 0.3) is 0 Å². The zero-order valence-electron chi connectivity index (χ0n) is 16.2. The molecule has 1 aromatic carbocycles. The first kappa shape index (κ1) is 19.7. The summed E-state index contributed by atoms with van der Waals surface area (Å²) in [5.74, 6) is -0.515. The van der Waals surface area contributed by atoms with Gasteiger partial charge in [-0.25, -0.2) is 4.79 Å². The lowest BCUT2D eigenvalue weighted by molar-refractivity contribution is -0.143. The number of carbonyl (C=O) groups is 2. The summed E-state index contributed by atoms with van der Waals surface area (Å²) in [6, 6.07) is 8.10. The molecule has 2 N–H and O–H groups in total. The highest BCUT2D eigenvalue weighted by Gasteiger charge is 2.28. The predicted molar refractivity (Wildman–Crippen MR) is 104 cm³/mol. The number of hydrogen-bond donors (Lipinski definition) is 2. The number of nitrogens with one attached hydrogen (secondary N) is 1. The fraction of sp³-hybridized carbons (Fsp3) is 0.619. The molecule has 27 heavy (non-hydrogen) atoms. The largest absolute Gasteiger partial charge is 0.481 e. The minimum atomic E-state index is -0.811. The number of carbonyl (C=O) groups excluding carboxylic acids is 1. The number of carboxylic acid groups (broad SMARTS) is 1. The highest BCUT2D eigenvalue weighted by Crippen LogP contribution is 2.20. The van der Waals surface area contributed by atoms with Crippen molar-refractivity contribution < 1.29 is 14.7 Å². The number of piperidine rings is 2. The Balaban J connectivity index is 1.56. The summed E-state index contributed by atoms with van der Waals surface area (Å²) in [5, 5.41) is 12.2. The second kappa shape index (κ2) is 9.22. The van der Waals surface area contributed by atoms with Gasteiger partial charge in [-0.05, 0) is 49.3 Å². The second-order valence-corrected chi connectivity index (χ2v) is 8.03. The van der Waals surface area contributed by atoms with Crippen molar-refractivity contribution in [2.24, 2.45) is 11.8 Å². The molecule has 6 nitrogen and oxygen atoms in total. The Labute approximate surface area is 161 Å². The predicted octanol–water partition coefficient (Wildman–Crippen LogP) is 2.92.